The van der Waals surface area contributed by atoms with Crippen LogP contribution < -0.4 is 5.32 Å². The molecule has 3 heteroatoms. The zero-order chi connectivity index (χ0) is 11.7. The summed E-state index contributed by atoms with van der Waals surface area (Å²) in [6.45, 7) is 3.16. The Kier molecular flexibility index (Phi) is 3.12. The van der Waals surface area contributed by atoms with Gasteiger partial charge in [-0.05, 0) is 30.5 Å². The standard InChI is InChI=1S/C14H19FN2/c15-12-6-4-11(5-7-12)10-17-9-8-16-13-2-1-3-14(13)17/h4-7,13-14,16H,1-3,8-10H2/t13-,14-/m1/s1. The topological polar surface area (TPSA) is 15.3 Å². The molecule has 0 bridgehead atoms. The van der Waals surface area contributed by atoms with Crippen molar-refractivity contribution >= 4 is 0 Å². The molecular weight excluding hydrogens is 215 g/mol. The van der Waals surface area contributed by atoms with Gasteiger partial charge < -0.3 is 5.32 Å². The van der Waals surface area contributed by atoms with Crippen LogP contribution in [0.3, 0.4) is 0 Å². The Morgan fingerprint density at radius 3 is 2.88 bits per heavy atom. The average Bonchev–Trinajstić information content (AvgIpc) is 2.81. The van der Waals surface area contributed by atoms with E-state index in [1.807, 2.05) is 12.1 Å². The number of benzene rings is 1. The van der Waals surface area contributed by atoms with Gasteiger partial charge in [-0.25, -0.2) is 4.39 Å². The molecule has 1 aromatic rings. The highest BCUT2D eigenvalue weighted by Gasteiger charge is 2.34. The second kappa shape index (κ2) is 4.75. The van der Waals surface area contributed by atoms with E-state index >= 15 is 0 Å². The molecule has 3 rings (SSSR count). The van der Waals surface area contributed by atoms with Gasteiger partial charge in [-0.2, -0.15) is 0 Å². The molecule has 0 unspecified atom stereocenters. The first-order valence-electron chi connectivity index (χ1n) is 6.55. The van der Waals surface area contributed by atoms with E-state index in [-0.39, 0.29) is 5.82 Å². The molecule has 1 aliphatic carbocycles. The van der Waals surface area contributed by atoms with Crippen molar-refractivity contribution in [2.45, 2.75) is 37.9 Å². The first kappa shape index (κ1) is 11.2. The Labute approximate surface area is 102 Å². The van der Waals surface area contributed by atoms with Gasteiger partial charge in [-0.15, -0.1) is 0 Å². The van der Waals surface area contributed by atoms with Crippen molar-refractivity contribution in [2.75, 3.05) is 13.1 Å². The van der Waals surface area contributed by atoms with Crippen LogP contribution >= 0.6 is 0 Å². The zero-order valence-corrected chi connectivity index (χ0v) is 10.0. The Bertz CT molecular complexity index is 376. The molecule has 0 aromatic heterocycles. The molecule has 2 fully saturated rings. The summed E-state index contributed by atoms with van der Waals surface area (Å²) in [6.07, 6.45) is 3.95. The molecule has 92 valence electrons. The van der Waals surface area contributed by atoms with Crippen molar-refractivity contribution in [2.24, 2.45) is 0 Å². The lowest BCUT2D eigenvalue weighted by atomic mass is 10.1. The van der Waals surface area contributed by atoms with Gasteiger partial charge in [-0.3, -0.25) is 4.90 Å². The number of hydrogen-bond acceptors (Lipinski definition) is 2. The highest BCUT2D eigenvalue weighted by atomic mass is 19.1. The first-order valence-corrected chi connectivity index (χ1v) is 6.55. The van der Waals surface area contributed by atoms with Crippen molar-refractivity contribution in [3.05, 3.63) is 35.6 Å². The fourth-order valence-corrected chi connectivity index (χ4v) is 3.20. The molecule has 0 spiro atoms. The van der Waals surface area contributed by atoms with Crippen molar-refractivity contribution in [3.8, 4) is 0 Å². The predicted molar refractivity (Wildman–Crippen MR) is 66.2 cm³/mol. The van der Waals surface area contributed by atoms with Crippen molar-refractivity contribution in [1.29, 1.82) is 0 Å². The van der Waals surface area contributed by atoms with E-state index in [1.165, 1.54) is 24.8 Å². The zero-order valence-electron chi connectivity index (χ0n) is 10.0. The highest BCUT2D eigenvalue weighted by molar-refractivity contribution is 5.16. The lowest BCUT2D eigenvalue weighted by Gasteiger charge is -2.38. The van der Waals surface area contributed by atoms with Crippen molar-refractivity contribution in [3.63, 3.8) is 0 Å². The van der Waals surface area contributed by atoms with Crippen LogP contribution in [0.5, 0.6) is 0 Å². The molecule has 17 heavy (non-hydrogen) atoms. The third kappa shape index (κ3) is 2.35. The smallest absolute Gasteiger partial charge is 0.123 e. The van der Waals surface area contributed by atoms with Crippen LogP contribution in [-0.4, -0.2) is 30.1 Å². The molecule has 0 radical (unpaired) electrons. The fraction of sp³-hybridized carbons (Fsp3) is 0.571. The maximum absolute atomic E-state index is 12.9. The van der Waals surface area contributed by atoms with Gasteiger partial charge in [0.25, 0.3) is 0 Å². The minimum atomic E-state index is -0.146. The number of nitrogens with one attached hydrogen (secondary N) is 1. The van der Waals surface area contributed by atoms with Crippen LogP contribution in [0.15, 0.2) is 24.3 Å². The van der Waals surface area contributed by atoms with Crippen molar-refractivity contribution < 1.29 is 4.39 Å². The van der Waals surface area contributed by atoms with E-state index in [0.29, 0.717) is 12.1 Å². The van der Waals surface area contributed by atoms with Gasteiger partial charge >= 0.3 is 0 Å². The third-order valence-corrected chi connectivity index (χ3v) is 4.05. The van der Waals surface area contributed by atoms with Gasteiger partial charge in [0.2, 0.25) is 0 Å². The largest absolute Gasteiger partial charge is 0.311 e. The van der Waals surface area contributed by atoms with Gasteiger partial charge in [-0.1, -0.05) is 18.6 Å². The molecule has 0 amide bonds. The normalized spacial score (nSPS) is 29.2. The minimum Gasteiger partial charge on any atom is -0.311 e. The number of rotatable bonds is 2. The molecule has 1 N–H and O–H groups in total. The molecule has 2 aliphatic rings. The van der Waals surface area contributed by atoms with E-state index in [0.717, 1.165) is 19.6 Å². The van der Waals surface area contributed by atoms with E-state index in [1.54, 1.807) is 12.1 Å². The number of fused-ring (bicyclic) bond motifs is 1. The molecule has 2 atom stereocenters. The average molecular weight is 234 g/mol. The minimum absolute atomic E-state index is 0.146. The quantitative estimate of drug-likeness (QED) is 0.843. The number of hydrogen-bond donors (Lipinski definition) is 1. The van der Waals surface area contributed by atoms with Gasteiger partial charge in [0.05, 0.1) is 0 Å². The van der Waals surface area contributed by atoms with Gasteiger partial charge in [0.15, 0.2) is 0 Å². The van der Waals surface area contributed by atoms with E-state index in [9.17, 15) is 4.39 Å². The fourth-order valence-electron chi connectivity index (χ4n) is 3.20. The summed E-state index contributed by atoms with van der Waals surface area (Å²) in [4.78, 5) is 2.56. The summed E-state index contributed by atoms with van der Waals surface area (Å²) in [6, 6.07) is 8.30. The molecule has 1 aromatic carbocycles. The van der Waals surface area contributed by atoms with E-state index < -0.39 is 0 Å². The van der Waals surface area contributed by atoms with Crippen LogP contribution in [0.25, 0.3) is 0 Å². The highest BCUT2D eigenvalue weighted by Crippen LogP contribution is 2.27. The maximum Gasteiger partial charge on any atom is 0.123 e. The molecule has 2 nitrogen and oxygen atoms in total. The maximum atomic E-state index is 12.9. The summed E-state index contributed by atoms with van der Waals surface area (Å²) >= 11 is 0. The summed E-state index contributed by atoms with van der Waals surface area (Å²) < 4.78 is 12.9. The lowest BCUT2D eigenvalue weighted by Crippen LogP contribution is -2.54. The Balaban J connectivity index is 1.69. The summed E-state index contributed by atoms with van der Waals surface area (Å²) in [5, 5.41) is 3.60. The van der Waals surface area contributed by atoms with Crippen molar-refractivity contribution in [1.82, 2.24) is 10.2 Å². The predicted octanol–water partition coefficient (Wildman–Crippen LogP) is 2.15. The van der Waals surface area contributed by atoms with Crippen LogP contribution in [0.1, 0.15) is 24.8 Å². The summed E-state index contributed by atoms with van der Waals surface area (Å²) in [7, 11) is 0. The Morgan fingerprint density at radius 2 is 2.06 bits per heavy atom. The monoisotopic (exact) mass is 234 g/mol. The second-order valence-electron chi connectivity index (χ2n) is 5.16. The Hall–Kier alpha value is -0.930. The van der Waals surface area contributed by atoms with Crippen LogP contribution in [0, 0.1) is 5.82 Å². The first-order chi connectivity index (χ1) is 8.33. The van der Waals surface area contributed by atoms with Crippen LogP contribution in [0.2, 0.25) is 0 Å². The Morgan fingerprint density at radius 1 is 1.24 bits per heavy atom. The second-order valence-corrected chi connectivity index (χ2v) is 5.16. The van der Waals surface area contributed by atoms with E-state index in [4.69, 9.17) is 0 Å². The number of halogens is 1. The van der Waals surface area contributed by atoms with Gasteiger partial charge in [0, 0.05) is 31.7 Å². The van der Waals surface area contributed by atoms with Crippen LogP contribution in [-0.2, 0) is 6.54 Å². The molecule has 1 saturated carbocycles. The molecule has 1 heterocycles. The van der Waals surface area contributed by atoms with Crippen LogP contribution in [0.4, 0.5) is 4.39 Å². The number of piperazine rings is 1. The van der Waals surface area contributed by atoms with Gasteiger partial charge in [0.1, 0.15) is 5.82 Å². The summed E-state index contributed by atoms with van der Waals surface area (Å²) in [5.41, 5.74) is 1.22. The number of nitrogens with zero attached hydrogens (tertiary/aromatic N) is 1. The molecular formula is C14H19FN2. The lowest BCUT2D eigenvalue weighted by molar-refractivity contribution is 0.129. The SMILES string of the molecule is Fc1ccc(CN2CCN[C@@H]3CCC[C@H]32)cc1. The van der Waals surface area contributed by atoms with E-state index in [2.05, 4.69) is 10.2 Å². The molecule has 1 aliphatic heterocycles. The third-order valence-electron chi connectivity index (χ3n) is 4.05. The summed E-state index contributed by atoms with van der Waals surface area (Å²) in [5.74, 6) is -0.146. The molecule has 1 saturated heterocycles.